The smallest absolute Gasteiger partial charge is 0.144 e. The molecule has 0 aromatic heterocycles. The Bertz CT molecular complexity index is 383. The van der Waals surface area contributed by atoms with Crippen molar-refractivity contribution in [2.24, 2.45) is 0 Å². The number of hydrogen-bond acceptors (Lipinski definition) is 5. The van der Waals surface area contributed by atoms with Crippen LogP contribution in [0.5, 0.6) is 5.75 Å². The summed E-state index contributed by atoms with van der Waals surface area (Å²) >= 11 is 1.61. The maximum absolute atomic E-state index is 10.1. The van der Waals surface area contributed by atoms with Crippen molar-refractivity contribution in [1.82, 2.24) is 0 Å². The van der Waals surface area contributed by atoms with Crippen LogP contribution in [0, 0.1) is 0 Å². The molecule has 0 radical (unpaired) electrons. The van der Waals surface area contributed by atoms with Gasteiger partial charge in [0.05, 0.1) is 23.6 Å². The molecule has 1 rings (SSSR count). The van der Waals surface area contributed by atoms with Crippen molar-refractivity contribution >= 4 is 23.1 Å². The van der Waals surface area contributed by atoms with Gasteiger partial charge in [-0.1, -0.05) is 6.07 Å². The van der Waals surface area contributed by atoms with Crippen molar-refractivity contribution in [2.45, 2.75) is 19.4 Å². The predicted octanol–water partition coefficient (Wildman–Crippen LogP) is 2.19. The number of hydrogen-bond donors (Lipinski definition) is 3. The number of thioether (sulfide) groups is 1. The second kappa shape index (κ2) is 6.75. The number of nitrogen functional groups attached to an aromatic ring is 1. The molecular formula is C13H22N2O2S. The molecule has 5 heteroatoms. The van der Waals surface area contributed by atoms with Crippen molar-refractivity contribution in [2.75, 3.05) is 36.2 Å². The minimum Gasteiger partial charge on any atom is -0.492 e. The molecule has 1 atom stereocenters. The first-order valence-electron chi connectivity index (χ1n) is 5.96. The standard InChI is InChI=1S/C13H22N2O2S/c1-4-17-11-7-5-6-10(12(11)14)15-8-13(2,16)9-18-3/h5-7,15-16H,4,8-9,14H2,1-3H3. The van der Waals surface area contributed by atoms with Crippen LogP contribution >= 0.6 is 11.8 Å². The second-order valence-corrected chi connectivity index (χ2v) is 5.30. The van der Waals surface area contributed by atoms with Gasteiger partial charge in [0.1, 0.15) is 5.75 Å². The van der Waals surface area contributed by atoms with E-state index in [9.17, 15) is 5.11 Å². The van der Waals surface area contributed by atoms with Gasteiger partial charge >= 0.3 is 0 Å². The van der Waals surface area contributed by atoms with E-state index >= 15 is 0 Å². The summed E-state index contributed by atoms with van der Waals surface area (Å²) in [5.74, 6) is 1.34. The predicted molar refractivity (Wildman–Crippen MR) is 79.5 cm³/mol. The van der Waals surface area contributed by atoms with Crippen LogP contribution in [-0.2, 0) is 0 Å². The Balaban J connectivity index is 2.70. The van der Waals surface area contributed by atoms with Crippen LogP contribution in [0.15, 0.2) is 18.2 Å². The first-order chi connectivity index (χ1) is 8.50. The molecule has 102 valence electrons. The van der Waals surface area contributed by atoms with Gasteiger partial charge in [0, 0.05) is 12.3 Å². The number of aliphatic hydroxyl groups is 1. The van der Waals surface area contributed by atoms with E-state index in [-0.39, 0.29) is 0 Å². The Morgan fingerprint density at radius 1 is 1.50 bits per heavy atom. The molecule has 4 N–H and O–H groups in total. The Morgan fingerprint density at radius 2 is 2.22 bits per heavy atom. The highest BCUT2D eigenvalue weighted by molar-refractivity contribution is 7.98. The summed E-state index contributed by atoms with van der Waals surface area (Å²) in [6.45, 7) is 4.76. The average Bonchev–Trinajstić information content (AvgIpc) is 2.30. The van der Waals surface area contributed by atoms with Gasteiger partial charge in [0.2, 0.25) is 0 Å². The van der Waals surface area contributed by atoms with E-state index in [1.165, 1.54) is 0 Å². The molecular weight excluding hydrogens is 248 g/mol. The van der Waals surface area contributed by atoms with Crippen LogP contribution in [0.25, 0.3) is 0 Å². The van der Waals surface area contributed by atoms with Gasteiger partial charge in [-0.15, -0.1) is 0 Å². The lowest BCUT2D eigenvalue weighted by Gasteiger charge is -2.24. The molecule has 0 bridgehead atoms. The van der Waals surface area contributed by atoms with E-state index in [1.807, 2.05) is 31.4 Å². The molecule has 0 aliphatic rings. The summed E-state index contributed by atoms with van der Waals surface area (Å²) in [5.41, 5.74) is 6.62. The number of rotatable bonds is 7. The highest BCUT2D eigenvalue weighted by Gasteiger charge is 2.19. The molecule has 18 heavy (non-hydrogen) atoms. The number of nitrogens with one attached hydrogen (secondary N) is 1. The van der Waals surface area contributed by atoms with Gasteiger partial charge in [-0.05, 0) is 32.2 Å². The third-order valence-corrected chi connectivity index (χ3v) is 3.39. The van der Waals surface area contributed by atoms with Crippen LogP contribution in [0.2, 0.25) is 0 Å². The first-order valence-corrected chi connectivity index (χ1v) is 7.36. The minimum atomic E-state index is -0.756. The van der Waals surface area contributed by atoms with Crippen LogP contribution in [-0.4, -0.2) is 35.9 Å². The van der Waals surface area contributed by atoms with Gasteiger partial charge in [0.25, 0.3) is 0 Å². The lowest BCUT2D eigenvalue weighted by molar-refractivity contribution is 0.0997. The summed E-state index contributed by atoms with van der Waals surface area (Å²) in [6.07, 6.45) is 1.97. The van der Waals surface area contributed by atoms with Gasteiger partial charge in [-0.3, -0.25) is 0 Å². The molecule has 0 saturated carbocycles. The van der Waals surface area contributed by atoms with E-state index < -0.39 is 5.60 Å². The Kier molecular flexibility index (Phi) is 5.62. The summed E-state index contributed by atoms with van der Waals surface area (Å²) in [6, 6.07) is 5.60. The number of nitrogens with two attached hydrogens (primary N) is 1. The number of ether oxygens (including phenoxy) is 1. The van der Waals surface area contributed by atoms with E-state index in [0.717, 1.165) is 5.69 Å². The fourth-order valence-corrected chi connectivity index (χ4v) is 2.35. The van der Waals surface area contributed by atoms with Crippen molar-refractivity contribution in [3.63, 3.8) is 0 Å². The molecule has 0 amide bonds. The van der Waals surface area contributed by atoms with E-state index in [4.69, 9.17) is 10.5 Å². The quantitative estimate of drug-likeness (QED) is 0.663. The highest BCUT2D eigenvalue weighted by Crippen LogP contribution is 2.29. The van der Waals surface area contributed by atoms with Crippen molar-refractivity contribution in [1.29, 1.82) is 0 Å². The third kappa shape index (κ3) is 4.31. The molecule has 4 nitrogen and oxygen atoms in total. The molecule has 1 aromatic carbocycles. The normalized spacial score (nSPS) is 14.0. The maximum Gasteiger partial charge on any atom is 0.144 e. The average molecular weight is 270 g/mol. The van der Waals surface area contributed by atoms with E-state index in [1.54, 1.807) is 18.7 Å². The SMILES string of the molecule is CCOc1cccc(NCC(C)(O)CSC)c1N. The first kappa shape index (κ1) is 15.0. The van der Waals surface area contributed by atoms with Gasteiger partial charge in [-0.25, -0.2) is 0 Å². The van der Waals surface area contributed by atoms with E-state index in [2.05, 4.69) is 5.32 Å². The van der Waals surface area contributed by atoms with Gasteiger partial charge < -0.3 is 20.9 Å². The largest absolute Gasteiger partial charge is 0.492 e. The lowest BCUT2D eigenvalue weighted by Crippen LogP contribution is -2.36. The van der Waals surface area contributed by atoms with Crippen LogP contribution < -0.4 is 15.8 Å². The molecule has 0 fully saturated rings. The Morgan fingerprint density at radius 3 is 2.83 bits per heavy atom. The molecule has 0 heterocycles. The van der Waals surface area contributed by atoms with Crippen LogP contribution in [0.4, 0.5) is 11.4 Å². The summed E-state index contributed by atoms with van der Waals surface area (Å²) in [4.78, 5) is 0. The zero-order valence-corrected chi connectivity index (χ0v) is 12.0. The molecule has 0 saturated heterocycles. The molecule has 0 aliphatic heterocycles. The summed E-state index contributed by atoms with van der Waals surface area (Å²) in [7, 11) is 0. The summed E-state index contributed by atoms with van der Waals surface area (Å²) in [5, 5.41) is 13.3. The van der Waals surface area contributed by atoms with Gasteiger partial charge in [-0.2, -0.15) is 11.8 Å². The van der Waals surface area contributed by atoms with Crippen LogP contribution in [0.3, 0.4) is 0 Å². The van der Waals surface area contributed by atoms with Crippen molar-refractivity contribution in [3.05, 3.63) is 18.2 Å². The summed E-state index contributed by atoms with van der Waals surface area (Å²) < 4.78 is 5.43. The Labute approximate surface area is 113 Å². The third-order valence-electron chi connectivity index (χ3n) is 2.48. The maximum atomic E-state index is 10.1. The minimum absolute atomic E-state index is 0.452. The van der Waals surface area contributed by atoms with Crippen molar-refractivity contribution < 1.29 is 9.84 Å². The lowest BCUT2D eigenvalue weighted by atomic mass is 10.1. The van der Waals surface area contributed by atoms with Crippen LogP contribution in [0.1, 0.15) is 13.8 Å². The van der Waals surface area contributed by atoms with E-state index in [0.29, 0.717) is 30.3 Å². The second-order valence-electron chi connectivity index (χ2n) is 4.43. The fraction of sp³-hybridized carbons (Fsp3) is 0.538. The monoisotopic (exact) mass is 270 g/mol. The fourth-order valence-electron chi connectivity index (χ4n) is 1.63. The topological polar surface area (TPSA) is 67.5 Å². The van der Waals surface area contributed by atoms with Crippen molar-refractivity contribution in [3.8, 4) is 5.75 Å². The molecule has 0 spiro atoms. The number of anilines is 2. The zero-order valence-electron chi connectivity index (χ0n) is 11.2. The Hall–Kier alpha value is -1.07. The zero-order chi connectivity index (χ0) is 13.6. The number of benzene rings is 1. The molecule has 1 aromatic rings. The number of para-hydroxylation sites is 1. The molecule has 1 unspecified atom stereocenters. The molecule has 0 aliphatic carbocycles. The van der Waals surface area contributed by atoms with Gasteiger partial charge in [0.15, 0.2) is 0 Å². The highest BCUT2D eigenvalue weighted by atomic mass is 32.2.